The van der Waals surface area contributed by atoms with Gasteiger partial charge in [-0.25, -0.2) is 0 Å². The number of nitrogens with zero attached hydrogens (tertiary/aromatic N) is 2. The fourth-order valence-corrected chi connectivity index (χ4v) is 3.72. The molecule has 0 aromatic carbocycles. The maximum Gasteiger partial charge on any atom is 0.274 e. The lowest BCUT2D eigenvalue weighted by Crippen LogP contribution is -2.34. The van der Waals surface area contributed by atoms with Crippen molar-refractivity contribution in [3.05, 3.63) is 17.0 Å². The van der Waals surface area contributed by atoms with Crippen molar-refractivity contribution in [2.24, 2.45) is 11.3 Å². The van der Waals surface area contributed by atoms with Crippen molar-refractivity contribution < 1.29 is 4.79 Å². The van der Waals surface area contributed by atoms with Crippen molar-refractivity contribution in [3.8, 4) is 0 Å². The summed E-state index contributed by atoms with van der Waals surface area (Å²) in [4.78, 5) is 14.9. The maximum atomic E-state index is 12.9. The first-order valence-corrected chi connectivity index (χ1v) is 8.53. The molecule has 3 heterocycles. The Kier molecular flexibility index (Phi) is 4.26. The van der Waals surface area contributed by atoms with E-state index < -0.39 is 0 Å². The summed E-state index contributed by atoms with van der Waals surface area (Å²) in [5, 5.41) is 10.7. The van der Waals surface area contributed by atoms with Crippen LogP contribution in [0.1, 0.15) is 61.8 Å². The van der Waals surface area contributed by atoms with Crippen LogP contribution >= 0.6 is 0 Å². The van der Waals surface area contributed by atoms with Gasteiger partial charge >= 0.3 is 0 Å². The molecule has 2 aliphatic rings. The molecule has 5 heteroatoms. The summed E-state index contributed by atoms with van der Waals surface area (Å²) in [6.07, 6.45) is 4.34. The Morgan fingerprint density at radius 1 is 1.27 bits per heavy atom. The smallest absolute Gasteiger partial charge is 0.274 e. The Balaban J connectivity index is 1.72. The van der Waals surface area contributed by atoms with E-state index in [1.54, 1.807) is 0 Å². The zero-order valence-corrected chi connectivity index (χ0v) is 14.0. The Morgan fingerprint density at radius 3 is 2.86 bits per heavy atom. The van der Waals surface area contributed by atoms with Gasteiger partial charge in [0.2, 0.25) is 0 Å². The highest BCUT2D eigenvalue weighted by molar-refractivity contribution is 5.94. The van der Waals surface area contributed by atoms with Gasteiger partial charge in [-0.05, 0) is 30.6 Å². The quantitative estimate of drug-likeness (QED) is 0.837. The van der Waals surface area contributed by atoms with Gasteiger partial charge in [0.1, 0.15) is 0 Å². The van der Waals surface area contributed by atoms with Crippen molar-refractivity contribution in [1.82, 2.24) is 20.4 Å². The number of carbonyl (C=O) groups is 1. The van der Waals surface area contributed by atoms with Crippen LogP contribution < -0.4 is 5.32 Å². The van der Waals surface area contributed by atoms with Crippen molar-refractivity contribution in [2.75, 3.05) is 19.6 Å². The number of hydrogen-bond acceptors (Lipinski definition) is 3. The van der Waals surface area contributed by atoms with Gasteiger partial charge in [-0.3, -0.25) is 9.89 Å². The van der Waals surface area contributed by atoms with E-state index in [1.165, 1.54) is 6.42 Å². The molecule has 0 spiro atoms. The molecule has 2 aliphatic heterocycles. The van der Waals surface area contributed by atoms with Crippen molar-refractivity contribution in [2.45, 2.75) is 53.0 Å². The molecule has 1 atom stereocenters. The number of carbonyl (C=O) groups excluding carboxylic acids is 1. The number of aromatic nitrogens is 2. The lowest BCUT2D eigenvalue weighted by molar-refractivity contribution is 0.0748. The zero-order chi connectivity index (χ0) is 15.7. The summed E-state index contributed by atoms with van der Waals surface area (Å²) in [7, 11) is 0. The number of aromatic amines is 1. The summed E-state index contributed by atoms with van der Waals surface area (Å²) in [5.41, 5.74) is 3.17. The molecule has 2 N–H and O–H groups in total. The van der Waals surface area contributed by atoms with E-state index in [4.69, 9.17) is 0 Å². The molecule has 122 valence electrons. The molecule has 1 saturated heterocycles. The van der Waals surface area contributed by atoms with Gasteiger partial charge < -0.3 is 10.2 Å². The molecule has 0 radical (unpaired) electrons. The number of rotatable bonds is 1. The Labute approximate surface area is 132 Å². The SMILES string of the molecule is CC(C)(C)C1CCCN(C(=O)c2n[nH]c3c2CNCC3)CC1. The number of fused-ring (bicyclic) bond motifs is 1. The van der Waals surface area contributed by atoms with Gasteiger partial charge in [-0.15, -0.1) is 0 Å². The molecule has 0 saturated carbocycles. The van der Waals surface area contributed by atoms with Crippen LogP contribution in [0.2, 0.25) is 0 Å². The standard InChI is InChI=1S/C17H28N4O/c1-17(2,3)12-5-4-9-21(10-7-12)16(22)15-13-11-18-8-6-14(13)19-20-15/h12,18H,4-11H2,1-3H3,(H,19,20). The number of likely N-dealkylation sites (tertiary alicyclic amines) is 1. The van der Waals surface area contributed by atoms with Crippen LogP contribution in [0.4, 0.5) is 0 Å². The average molecular weight is 304 g/mol. The van der Waals surface area contributed by atoms with E-state index in [1.807, 2.05) is 4.90 Å². The Bertz CT molecular complexity index is 543. The van der Waals surface area contributed by atoms with Crippen LogP contribution in [-0.2, 0) is 13.0 Å². The first kappa shape index (κ1) is 15.5. The number of hydrogen-bond donors (Lipinski definition) is 2. The van der Waals surface area contributed by atoms with Gasteiger partial charge in [0.25, 0.3) is 5.91 Å². The monoisotopic (exact) mass is 304 g/mol. The molecule has 1 aromatic rings. The highest BCUT2D eigenvalue weighted by atomic mass is 16.2. The molecular formula is C17H28N4O. The first-order valence-electron chi connectivity index (χ1n) is 8.53. The molecule has 1 aromatic heterocycles. The second-order valence-corrected chi connectivity index (χ2v) is 7.74. The van der Waals surface area contributed by atoms with E-state index in [0.717, 1.165) is 56.7 Å². The lowest BCUT2D eigenvalue weighted by atomic mass is 9.77. The van der Waals surface area contributed by atoms with E-state index in [-0.39, 0.29) is 5.91 Å². The molecule has 1 amide bonds. The highest BCUT2D eigenvalue weighted by Gasteiger charge is 2.30. The zero-order valence-electron chi connectivity index (χ0n) is 14.0. The summed E-state index contributed by atoms with van der Waals surface area (Å²) < 4.78 is 0. The molecule has 3 rings (SSSR count). The topological polar surface area (TPSA) is 61.0 Å². The van der Waals surface area contributed by atoms with Crippen LogP contribution in [-0.4, -0.2) is 40.6 Å². The molecule has 0 bridgehead atoms. The highest BCUT2D eigenvalue weighted by Crippen LogP contribution is 2.34. The van der Waals surface area contributed by atoms with Crippen LogP contribution in [0.3, 0.4) is 0 Å². The van der Waals surface area contributed by atoms with E-state index in [9.17, 15) is 4.79 Å². The summed E-state index contributed by atoms with van der Waals surface area (Å²) in [6.45, 7) is 10.4. The number of amides is 1. The average Bonchev–Trinajstić information content (AvgIpc) is 2.73. The van der Waals surface area contributed by atoms with Gasteiger partial charge in [-0.1, -0.05) is 20.8 Å². The summed E-state index contributed by atoms with van der Waals surface area (Å²) >= 11 is 0. The van der Waals surface area contributed by atoms with Gasteiger partial charge in [-0.2, -0.15) is 5.10 Å². The van der Waals surface area contributed by atoms with Crippen LogP contribution in [0.25, 0.3) is 0 Å². The fraction of sp³-hybridized carbons (Fsp3) is 0.765. The van der Waals surface area contributed by atoms with Crippen molar-refractivity contribution in [1.29, 1.82) is 0 Å². The predicted molar refractivity (Wildman–Crippen MR) is 86.7 cm³/mol. The maximum absolute atomic E-state index is 12.9. The molecule has 5 nitrogen and oxygen atoms in total. The van der Waals surface area contributed by atoms with E-state index in [0.29, 0.717) is 17.0 Å². The third-order valence-corrected chi connectivity index (χ3v) is 5.25. The van der Waals surface area contributed by atoms with Crippen molar-refractivity contribution >= 4 is 5.91 Å². The third-order valence-electron chi connectivity index (χ3n) is 5.25. The van der Waals surface area contributed by atoms with E-state index in [2.05, 4.69) is 36.3 Å². The van der Waals surface area contributed by atoms with Gasteiger partial charge in [0.15, 0.2) is 5.69 Å². The second-order valence-electron chi connectivity index (χ2n) is 7.74. The predicted octanol–water partition coefficient (Wildman–Crippen LogP) is 2.34. The second kappa shape index (κ2) is 6.03. The molecule has 1 unspecified atom stereocenters. The lowest BCUT2D eigenvalue weighted by Gasteiger charge is -2.29. The minimum Gasteiger partial charge on any atom is -0.337 e. The molecular weight excluding hydrogens is 276 g/mol. The minimum atomic E-state index is 0.107. The van der Waals surface area contributed by atoms with E-state index >= 15 is 0 Å². The normalized spacial score (nSPS) is 23.0. The Hall–Kier alpha value is -1.36. The van der Waals surface area contributed by atoms with Crippen LogP contribution in [0, 0.1) is 11.3 Å². The summed E-state index contributed by atoms with van der Waals surface area (Å²) in [5.74, 6) is 0.802. The third kappa shape index (κ3) is 3.05. The molecule has 1 fully saturated rings. The summed E-state index contributed by atoms with van der Waals surface area (Å²) in [6, 6.07) is 0. The molecule has 22 heavy (non-hydrogen) atoms. The first-order chi connectivity index (χ1) is 10.5. The minimum absolute atomic E-state index is 0.107. The largest absolute Gasteiger partial charge is 0.337 e. The number of H-pyrrole nitrogens is 1. The Morgan fingerprint density at radius 2 is 2.09 bits per heavy atom. The van der Waals surface area contributed by atoms with Crippen molar-refractivity contribution in [3.63, 3.8) is 0 Å². The fourth-order valence-electron chi connectivity index (χ4n) is 3.72. The van der Waals surface area contributed by atoms with Gasteiger partial charge in [0.05, 0.1) is 0 Å². The van der Waals surface area contributed by atoms with Crippen LogP contribution in [0.15, 0.2) is 0 Å². The van der Waals surface area contributed by atoms with Gasteiger partial charge in [0, 0.05) is 43.9 Å². The number of nitrogens with one attached hydrogen (secondary N) is 2. The van der Waals surface area contributed by atoms with Crippen LogP contribution in [0.5, 0.6) is 0 Å². The molecule has 0 aliphatic carbocycles.